The van der Waals surface area contributed by atoms with Gasteiger partial charge in [0.2, 0.25) is 11.8 Å². The minimum absolute atomic E-state index is 0.0444. The Balaban J connectivity index is 1.10. The molecule has 4 fully saturated rings. The van der Waals surface area contributed by atoms with Gasteiger partial charge in [0.25, 0.3) is 0 Å². The summed E-state index contributed by atoms with van der Waals surface area (Å²) in [6, 6.07) is 7.08. The number of hydrogen-bond donors (Lipinski definition) is 1. The number of imidazole rings is 1. The lowest BCUT2D eigenvalue weighted by Gasteiger charge is -2.30. The largest absolute Gasteiger partial charge is 0.509 e. The van der Waals surface area contributed by atoms with Gasteiger partial charge in [0.1, 0.15) is 12.7 Å². The van der Waals surface area contributed by atoms with Gasteiger partial charge in [-0.05, 0) is 43.9 Å². The SMILES string of the molecule is CC12OC(=O)OC1C(COP1(=O)OCCC(c3cccc(Cl)c3)O1)OC2n1cnc2c(OCC3CCCCO3)nc(N)nc21. The van der Waals surface area contributed by atoms with Crippen molar-refractivity contribution in [1.82, 2.24) is 19.5 Å². The molecule has 17 heteroatoms. The van der Waals surface area contributed by atoms with Gasteiger partial charge in [-0.1, -0.05) is 23.7 Å². The molecule has 0 radical (unpaired) electrons. The number of nitrogens with zero attached hydrogens (tertiary/aromatic N) is 4. The van der Waals surface area contributed by atoms with Crippen molar-refractivity contribution in [3.63, 3.8) is 0 Å². The zero-order valence-corrected chi connectivity index (χ0v) is 25.4. The van der Waals surface area contributed by atoms with E-state index < -0.39 is 44.1 Å². The van der Waals surface area contributed by atoms with Crippen LogP contribution >= 0.6 is 19.4 Å². The highest BCUT2D eigenvalue weighted by Gasteiger charge is 2.64. The van der Waals surface area contributed by atoms with Crippen LogP contribution in [0.2, 0.25) is 5.02 Å². The van der Waals surface area contributed by atoms with Crippen molar-refractivity contribution in [1.29, 1.82) is 0 Å². The number of nitrogen functional groups attached to an aromatic ring is 1. The first-order valence-corrected chi connectivity index (χ1v) is 16.2. The third-order valence-corrected chi connectivity index (χ3v) is 9.78. The summed E-state index contributed by atoms with van der Waals surface area (Å²) >= 11 is 6.13. The molecule has 0 amide bonds. The maximum Gasteiger partial charge on any atom is 0.509 e. The number of benzene rings is 1. The number of phosphoric ester groups is 1. The van der Waals surface area contributed by atoms with Crippen LogP contribution in [0.25, 0.3) is 11.2 Å². The Morgan fingerprint density at radius 1 is 1.20 bits per heavy atom. The van der Waals surface area contributed by atoms with E-state index >= 15 is 0 Å². The summed E-state index contributed by atoms with van der Waals surface area (Å²) in [6.45, 7) is 2.47. The van der Waals surface area contributed by atoms with Gasteiger partial charge in [0.05, 0.1) is 31.7 Å². The average Bonchev–Trinajstić information content (AvgIpc) is 3.64. The van der Waals surface area contributed by atoms with Gasteiger partial charge >= 0.3 is 14.0 Å². The molecule has 7 unspecified atom stereocenters. The van der Waals surface area contributed by atoms with Crippen LogP contribution in [0.15, 0.2) is 30.6 Å². The molecule has 7 rings (SSSR count). The van der Waals surface area contributed by atoms with Crippen LogP contribution < -0.4 is 10.5 Å². The van der Waals surface area contributed by atoms with Crippen LogP contribution in [0.1, 0.15) is 50.5 Å². The van der Waals surface area contributed by atoms with Gasteiger partial charge in [-0.15, -0.1) is 0 Å². The van der Waals surface area contributed by atoms with Crippen LogP contribution in [-0.4, -0.2) is 76.0 Å². The number of hydrogen-bond acceptors (Lipinski definition) is 14. The minimum atomic E-state index is -4.02. The monoisotopic (exact) mass is 651 g/mol. The normalized spacial score (nSPS) is 33.6. The van der Waals surface area contributed by atoms with E-state index in [4.69, 9.17) is 54.6 Å². The van der Waals surface area contributed by atoms with Gasteiger partial charge in [0.15, 0.2) is 29.1 Å². The molecule has 0 saturated carbocycles. The fourth-order valence-electron chi connectivity index (χ4n) is 5.93. The highest BCUT2D eigenvalue weighted by Crippen LogP contribution is 2.58. The van der Waals surface area contributed by atoms with Crippen molar-refractivity contribution in [2.75, 3.05) is 32.2 Å². The van der Waals surface area contributed by atoms with E-state index in [1.54, 1.807) is 29.7 Å². The quantitative estimate of drug-likeness (QED) is 0.266. The summed E-state index contributed by atoms with van der Waals surface area (Å²) in [4.78, 5) is 25.4. The van der Waals surface area contributed by atoms with Gasteiger partial charge in [0, 0.05) is 18.1 Å². The molecule has 44 heavy (non-hydrogen) atoms. The molecule has 0 aliphatic carbocycles. The van der Waals surface area contributed by atoms with Gasteiger partial charge in [-0.3, -0.25) is 18.1 Å². The van der Waals surface area contributed by atoms with Crippen LogP contribution in [0.3, 0.4) is 0 Å². The van der Waals surface area contributed by atoms with E-state index in [-0.39, 0.29) is 37.8 Å². The first-order valence-electron chi connectivity index (χ1n) is 14.3. The molecular formula is C27H31ClN5O10P. The molecule has 0 spiro atoms. The fraction of sp³-hybridized carbons (Fsp3) is 0.556. The summed E-state index contributed by atoms with van der Waals surface area (Å²) in [5, 5.41) is 0.525. The van der Waals surface area contributed by atoms with Crippen molar-refractivity contribution in [2.45, 2.75) is 68.9 Å². The molecule has 6 heterocycles. The predicted molar refractivity (Wildman–Crippen MR) is 152 cm³/mol. The van der Waals surface area contributed by atoms with Crippen LogP contribution in [0, 0.1) is 0 Å². The molecule has 4 saturated heterocycles. The van der Waals surface area contributed by atoms with E-state index in [2.05, 4.69) is 15.0 Å². The van der Waals surface area contributed by atoms with Gasteiger partial charge in [-0.2, -0.15) is 9.97 Å². The predicted octanol–water partition coefficient (Wildman–Crippen LogP) is 4.50. The number of nitrogens with two attached hydrogens (primary N) is 1. The number of halogens is 1. The van der Waals surface area contributed by atoms with E-state index in [0.717, 1.165) is 24.8 Å². The molecule has 4 aliphatic heterocycles. The van der Waals surface area contributed by atoms with Crippen molar-refractivity contribution in [2.24, 2.45) is 0 Å². The van der Waals surface area contributed by atoms with E-state index in [1.807, 2.05) is 6.07 Å². The van der Waals surface area contributed by atoms with E-state index in [0.29, 0.717) is 29.2 Å². The molecule has 1 aromatic carbocycles. The summed E-state index contributed by atoms with van der Waals surface area (Å²) in [6.07, 6.45) is 0.566. The number of rotatable bonds is 8. The number of carbonyl (C=O) groups is 1. The molecule has 2 aromatic heterocycles. The highest BCUT2D eigenvalue weighted by atomic mass is 35.5. The number of fused-ring (bicyclic) bond motifs is 2. The lowest BCUT2D eigenvalue weighted by Crippen LogP contribution is -2.42. The average molecular weight is 652 g/mol. The summed E-state index contributed by atoms with van der Waals surface area (Å²) in [5.74, 6) is 0.149. The number of ether oxygens (including phenoxy) is 5. The molecule has 0 bridgehead atoms. The number of aromatic nitrogens is 4. The molecule has 2 N–H and O–H groups in total. The second-order valence-corrected chi connectivity index (χ2v) is 13.2. The first kappa shape index (κ1) is 29.7. The number of phosphoric acid groups is 1. The van der Waals surface area contributed by atoms with Gasteiger partial charge < -0.3 is 29.4 Å². The topological polar surface area (TPSA) is 178 Å². The van der Waals surface area contributed by atoms with Crippen LogP contribution in [0.5, 0.6) is 5.88 Å². The highest BCUT2D eigenvalue weighted by molar-refractivity contribution is 7.48. The summed E-state index contributed by atoms with van der Waals surface area (Å²) < 4.78 is 61.1. The Morgan fingerprint density at radius 3 is 2.91 bits per heavy atom. The third-order valence-electron chi connectivity index (χ3n) is 8.07. The van der Waals surface area contributed by atoms with Crippen LogP contribution in [-0.2, 0) is 37.1 Å². The summed E-state index contributed by atoms with van der Waals surface area (Å²) in [7, 11) is -4.02. The summed E-state index contributed by atoms with van der Waals surface area (Å²) in [5.41, 5.74) is 6.09. The lowest BCUT2D eigenvalue weighted by atomic mass is 9.96. The first-order chi connectivity index (χ1) is 21.2. The second-order valence-electron chi connectivity index (χ2n) is 11.1. The smallest absolute Gasteiger partial charge is 0.473 e. The van der Waals surface area contributed by atoms with Crippen molar-refractivity contribution in [3.8, 4) is 5.88 Å². The van der Waals surface area contributed by atoms with Crippen molar-refractivity contribution < 1.29 is 46.6 Å². The Hall–Kier alpha value is -3.04. The standard InChI is InChI=1S/C27H31ClN5O10P/c1-27-21(41-26(34)42-27)19(13-39-44(35)38-10-8-18(43-44)15-5-4-6-16(28)11-15)40-24(27)33-14-30-20-22(33)31-25(29)32-23(20)37-12-17-7-2-3-9-36-17/h4-6,11,14,17-19,21,24H,2-3,7-10,12-13H2,1H3,(H2,29,31,32). The Labute approximate surface area is 256 Å². The van der Waals surface area contributed by atoms with E-state index in [1.165, 1.54) is 6.33 Å². The van der Waals surface area contributed by atoms with Crippen molar-refractivity contribution >= 4 is 42.7 Å². The van der Waals surface area contributed by atoms with Gasteiger partial charge in [-0.25, -0.2) is 14.3 Å². The second kappa shape index (κ2) is 11.7. The van der Waals surface area contributed by atoms with Crippen LogP contribution in [0.4, 0.5) is 10.7 Å². The molecule has 236 valence electrons. The Bertz CT molecular complexity index is 1600. The fourth-order valence-corrected chi connectivity index (χ4v) is 7.52. The van der Waals surface area contributed by atoms with Crippen molar-refractivity contribution in [3.05, 3.63) is 41.2 Å². The Kier molecular flexibility index (Phi) is 7.90. The lowest BCUT2D eigenvalue weighted by molar-refractivity contribution is -0.0925. The maximum atomic E-state index is 13.5. The Morgan fingerprint density at radius 2 is 2.09 bits per heavy atom. The number of anilines is 1. The minimum Gasteiger partial charge on any atom is -0.473 e. The van der Waals surface area contributed by atoms with E-state index in [9.17, 15) is 9.36 Å². The zero-order valence-electron chi connectivity index (χ0n) is 23.7. The molecular weight excluding hydrogens is 621 g/mol. The molecule has 3 aromatic rings. The number of carbonyl (C=O) groups excluding carboxylic acids is 1. The molecule has 7 atom stereocenters. The molecule has 4 aliphatic rings. The maximum absolute atomic E-state index is 13.5. The zero-order chi connectivity index (χ0) is 30.5. The third kappa shape index (κ3) is 5.62. The molecule has 15 nitrogen and oxygen atoms in total.